The molecule has 1 amide bonds. The number of para-hydroxylation sites is 2. The Morgan fingerprint density at radius 1 is 1.47 bits per heavy atom. The first kappa shape index (κ1) is 11.4. The Kier molecular flexibility index (Phi) is 3.27. The highest BCUT2D eigenvalue weighted by Gasteiger charge is 2.15. The number of hydrogen-bond donors (Lipinski definition) is 1. The molecule has 5 nitrogen and oxygen atoms in total. The van der Waals surface area contributed by atoms with Crippen molar-refractivity contribution < 1.29 is 9.90 Å². The molecule has 2 rings (SSSR count). The van der Waals surface area contributed by atoms with E-state index in [1.807, 2.05) is 31.2 Å². The Bertz CT molecular complexity index is 521. The van der Waals surface area contributed by atoms with Gasteiger partial charge in [-0.1, -0.05) is 25.5 Å². The first-order valence-electron chi connectivity index (χ1n) is 5.67. The van der Waals surface area contributed by atoms with Gasteiger partial charge in [0.15, 0.2) is 0 Å². The summed E-state index contributed by atoms with van der Waals surface area (Å²) in [5.41, 5.74) is 1.61. The van der Waals surface area contributed by atoms with Crippen LogP contribution in [0.5, 0.6) is 0 Å². The minimum Gasteiger partial charge on any atom is -0.464 e. The van der Waals surface area contributed by atoms with Crippen molar-refractivity contribution in [1.82, 2.24) is 9.66 Å². The zero-order valence-electron chi connectivity index (χ0n) is 9.71. The molecule has 17 heavy (non-hydrogen) atoms. The molecule has 1 aromatic heterocycles. The number of benzene rings is 1. The van der Waals surface area contributed by atoms with Crippen molar-refractivity contribution in [1.29, 1.82) is 0 Å². The van der Waals surface area contributed by atoms with E-state index in [0.717, 1.165) is 23.9 Å². The molecule has 0 aliphatic carbocycles. The van der Waals surface area contributed by atoms with Gasteiger partial charge >= 0.3 is 6.09 Å². The molecule has 2 aromatic rings. The van der Waals surface area contributed by atoms with Gasteiger partial charge in [-0.15, -0.1) is 0 Å². The second-order valence-electron chi connectivity index (χ2n) is 3.84. The predicted molar refractivity (Wildman–Crippen MR) is 65.7 cm³/mol. The summed E-state index contributed by atoms with van der Waals surface area (Å²) in [7, 11) is 0. The van der Waals surface area contributed by atoms with Gasteiger partial charge in [-0.2, -0.15) is 0 Å². The van der Waals surface area contributed by atoms with E-state index in [4.69, 9.17) is 0 Å². The fourth-order valence-electron chi connectivity index (χ4n) is 1.74. The van der Waals surface area contributed by atoms with E-state index in [-0.39, 0.29) is 0 Å². The maximum absolute atomic E-state index is 11.2. The number of imidazole rings is 1. The minimum atomic E-state index is -0.957. The van der Waals surface area contributed by atoms with E-state index in [9.17, 15) is 9.90 Å². The van der Waals surface area contributed by atoms with E-state index in [2.05, 4.69) is 4.98 Å². The molecule has 1 N–H and O–H groups in total. The van der Waals surface area contributed by atoms with Crippen LogP contribution in [0.15, 0.2) is 30.6 Å². The molecular weight excluding hydrogens is 218 g/mol. The molecule has 0 aliphatic heterocycles. The van der Waals surface area contributed by atoms with Crippen molar-refractivity contribution in [2.24, 2.45) is 0 Å². The van der Waals surface area contributed by atoms with Crippen LogP contribution in [0.3, 0.4) is 0 Å². The zero-order valence-corrected chi connectivity index (χ0v) is 9.71. The maximum Gasteiger partial charge on any atom is 0.426 e. The summed E-state index contributed by atoms with van der Waals surface area (Å²) >= 11 is 0. The molecule has 0 radical (unpaired) electrons. The van der Waals surface area contributed by atoms with Crippen molar-refractivity contribution in [3.8, 4) is 0 Å². The van der Waals surface area contributed by atoms with E-state index in [1.165, 1.54) is 5.01 Å². The summed E-state index contributed by atoms with van der Waals surface area (Å²) in [5.74, 6) is 0. The van der Waals surface area contributed by atoms with Crippen LogP contribution in [0, 0.1) is 0 Å². The fourth-order valence-corrected chi connectivity index (χ4v) is 1.74. The number of amides is 1. The molecule has 0 atom stereocenters. The average molecular weight is 233 g/mol. The van der Waals surface area contributed by atoms with E-state index in [1.54, 1.807) is 11.0 Å². The lowest BCUT2D eigenvalue weighted by molar-refractivity contribution is 0.195. The summed E-state index contributed by atoms with van der Waals surface area (Å²) in [6, 6.07) is 7.49. The maximum atomic E-state index is 11.2. The Hall–Kier alpha value is -2.04. The van der Waals surface area contributed by atoms with Crippen LogP contribution in [-0.4, -0.2) is 27.4 Å². The summed E-state index contributed by atoms with van der Waals surface area (Å²) in [5, 5.41) is 10.5. The molecule has 1 heterocycles. The molecule has 90 valence electrons. The van der Waals surface area contributed by atoms with Gasteiger partial charge in [0.25, 0.3) is 0 Å². The lowest BCUT2D eigenvalue weighted by Gasteiger charge is -2.20. The number of unbranched alkanes of at least 4 members (excludes halogenated alkanes) is 1. The second kappa shape index (κ2) is 4.86. The van der Waals surface area contributed by atoms with Gasteiger partial charge in [0.2, 0.25) is 0 Å². The standard InChI is InChI=1S/C12H15N3O2/c1-2-3-8-14(12(16)17)15-9-13-10-6-4-5-7-11(10)15/h4-7,9H,2-3,8H2,1H3,(H,16,17). The fraction of sp³-hybridized carbons (Fsp3) is 0.333. The normalized spacial score (nSPS) is 10.6. The zero-order chi connectivity index (χ0) is 12.3. The van der Waals surface area contributed by atoms with Crippen molar-refractivity contribution in [3.05, 3.63) is 30.6 Å². The molecular formula is C12H15N3O2. The Balaban J connectivity index is 2.38. The van der Waals surface area contributed by atoms with E-state index >= 15 is 0 Å². The van der Waals surface area contributed by atoms with Crippen molar-refractivity contribution in [2.75, 3.05) is 11.6 Å². The molecule has 0 unspecified atom stereocenters. The van der Waals surface area contributed by atoms with Gasteiger partial charge in [0.05, 0.1) is 11.0 Å². The largest absolute Gasteiger partial charge is 0.464 e. The average Bonchev–Trinajstić information content (AvgIpc) is 2.73. The quantitative estimate of drug-likeness (QED) is 0.882. The highest BCUT2D eigenvalue weighted by Crippen LogP contribution is 2.12. The molecule has 0 saturated carbocycles. The van der Waals surface area contributed by atoms with Crippen molar-refractivity contribution in [3.63, 3.8) is 0 Å². The van der Waals surface area contributed by atoms with Crippen LogP contribution in [-0.2, 0) is 0 Å². The molecule has 0 spiro atoms. The molecule has 0 fully saturated rings. The van der Waals surface area contributed by atoms with Gasteiger partial charge in [0, 0.05) is 6.54 Å². The number of aromatic nitrogens is 2. The van der Waals surface area contributed by atoms with Crippen LogP contribution < -0.4 is 5.01 Å². The highest BCUT2D eigenvalue weighted by molar-refractivity contribution is 5.82. The lowest BCUT2D eigenvalue weighted by atomic mass is 10.3. The first-order valence-corrected chi connectivity index (χ1v) is 5.67. The molecule has 5 heteroatoms. The number of fused-ring (bicyclic) bond motifs is 1. The monoisotopic (exact) mass is 233 g/mol. The van der Waals surface area contributed by atoms with Gasteiger partial charge in [0.1, 0.15) is 6.33 Å². The minimum absolute atomic E-state index is 0.478. The Labute approximate surface area is 99.3 Å². The van der Waals surface area contributed by atoms with E-state index in [0.29, 0.717) is 6.54 Å². The lowest BCUT2D eigenvalue weighted by Crippen LogP contribution is -2.39. The van der Waals surface area contributed by atoms with Gasteiger partial charge in [-0.25, -0.2) is 19.5 Å². The summed E-state index contributed by atoms with van der Waals surface area (Å²) in [4.78, 5) is 15.4. The van der Waals surface area contributed by atoms with Crippen molar-refractivity contribution in [2.45, 2.75) is 19.8 Å². The van der Waals surface area contributed by atoms with Gasteiger partial charge in [-0.05, 0) is 18.6 Å². The van der Waals surface area contributed by atoms with Crippen LogP contribution in [0.1, 0.15) is 19.8 Å². The molecule has 0 saturated heterocycles. The van der Waals surface area contributed by atoms with Crippen LogP contribution >= 0.6 is 0 Å². The van der Waals surface area contributed by atoms with Crippen LogP contribution in [0.25, 0.3) is 11.0 Å². The SMILES string of the molecule is CCCCN(C(=O)O)n1cnc2ccccc21. The van der Waals surface area contributed by atoms with E-state index < -0.39 is 6.09 Å². The number of carboxylic acid groups (broad SMARTS) is 1. The van der Waals surface area contributed by atoms with Crippen molar-refractivity contribution >= 4 is 17.1 Å². The third-order valence-corrected chi connectivity index (χ3v) is 2.64. The van der Waals surface area contributed by atoms with Crippen LogP contribution in [0.4, 0.5) is 4.79 Å². The van der Waals surface area contributed by atoms with Gasteiger partial charge in [-0.3, -0.25) is 0 Å². The van der Waals surface area contributed by atoms with Crippen LogP contribution in [0.2, 0.25) is 0 Å². The second-order valence-corrected chi connectivity index (χ2v) is 3.84. The third kappa shape index (κ3) is 2.22. The summed E-state index contributed by atoms with van der Waals surface area (Å²) in [6.45, 7) is 2.51. The Morgan fingerprint density at radius 3 is 2.94 bits per heavy atom. The highest BCUT2D eigenvalue weighted by atomic mass is 16.4. The number of nitrogens with zero attached hydrogens (tertiary/aromatic N) is 3. The predicted octanol–water partition coefficient (Wildman–Crippen LogP) is 2.45. The molecule has 1 aromatic carbocycles. The summed E-state index contributed by atoms with van der Waals surface area (Å²) in [6.07, 6.45) is 2.38. The third-order valence-electron chi connectivity index (χ3n) is 2.64. The number of hydrogen-bond acceptors (Lipinski definition) is 2. The number of carbonyl (C=O) groups is 1. The van der Waals surface area contributed by atoms with Gasteiger partial charge < -0.3 is 5.11 Å². The number of rotatable bonds is 4. The summed E-state index contributed by atoms with van der Waals surface area (Å²) < 4.78 is 1.59. The topological polar surface area (TPSA) is 58.4 Å². The molecule has 0 bridgehead atoms. The Morgan fingerprint density at radius 2 is 2.24 bits per heavy atom. The first-order chi connectivity index (χ1) is 8.24. The molecule has 0 aliphatic rings. The smallest absolute Gasteiger partial charge is 0.426 e.